The van der Waals surface area contributed by atoms with Gasteiger partial charge in [0.1, 0.15) is 6.33 Å². The van der Waals surface area contributed by atoms with Crippen LogP contribution in [0.5, 0.6) is 11.5 Å². The molecule has 2 aromatic carbocycles. The molecule has 0 aliphatic heterocycles. The highest BCUT2D eigenvalue weighted by atomic mass is 19.1. The van der Waals surface area contributed by atoms with Crippen LogP contribution in [0.25, 0.3) is 5.65 Å². The molecule has 0 saturated carbocycles. The molecule has 0 unspecified atom stereocenters. The van der Waals surface area contributed by atoms with Crippen LogP contribution in [0.4, 0.5) is 32.1 Å². The Bertz CT molecular complexity index is 2740. The SMILES string of the molecule is CNC(=O)c1cc(CCc2cnc(Nc3ccn(CCNC(=O)c4cc(CCc5cnc(Nc6ccc7ncnn7c6)nc5)c(F)c(OC)c4)c(=O)c3)nc2)c(F)c(OC)c1. The van der Waals surface area contributed by atoms with Crippen LogP contribution >= 0.6 is 0 Å². The number of hydrogen-bond acceptors (Lipinski definition) is 13. The number of rotatable bonds is 17. The van der Waals surface area contributed by atoms with E-state index in [-0.39, 0.29) is 71.5 Å². The zero-order valence-corrected chi connectivity index (χ0v) is 33.3. The number of benzene rings is 2. The molecule has 0 spiro atoms. The van der Waals surface area contributed by atoms with Gasteiger partial charge in [-0.2, -0.15) is 5.10 Å². The summed E-state index contributed by atoms with van der Waals surface area (Å²) in [7, 11) is 4.16. The minimum atomic E-state index is -0.567. The molecular formula is C42H40F2N12O5. The maximum Gasteiger partial charge on any atom is 0.252 e. The Hall–Kier alpha value is -7.83. The van der Waals surface area contributed by atoms with Crippen LogP contribution in [-0.4, -0.2) is 78.7 Å². The summed E-state index contributed by atoms with van der Waals surface area (Å²) in [6.07, 6.45) is 12.6. The quantitative estimate of drug-likeness (QED) is 0.0992. The molecule has 0 fully saturated rings. The number of anilines is 4. The number of hydrogen-bond donors (Lipinski definition) is 4. The maximum absolute atomic E-state index is 15.3. The van der Waals surface area contributed by atoms with Gasteiger partial charge in [-0.15, -0.1) is 0 Å². The van der Waals surface area contributed by atoms with Gasteiger partial charge in [0, 0.05) is 74.0 Å². The first-order valence-electron chi connectivity index (χ1n) is 19.0. The van der Waals surface area contributed by atoms with Crippen molar-refractivity contribution in [2.24, 2.45) is 0 Å². The van der Waals surface area contributed by atoms with E-state index in [0.717, 1.165) is 16.8 Å². The number of methoxy groups -OCH3 is 2. The third-order valence-corrected chi connectivity index (χ3v) is 9.62. The number of aryl methyl sites for hydroxylation is 4. The van der Waals surface area contributed by atoms with Crippen LogP contribution in [0.3, 0.4) is 0 Å². The molecule has 17 nitrogen and oxygen atoms in total. The predicted octanol–water partition coefficient (Wildman–Crippen LogP) is 4.61. The van der Waals surface area contributed by atoms with Crippen molar-refractivity contribution in [3.63, 3.8) is 0 Å². The van der Waals surface area contributed by atoms with Gasteiger partial charge in [0.25, 0.3) is 17.4 Å². The van der Waals surface area contributed by atoms with Gasteiger partial charge >= 0.3 is 0 Å². The molecule has 0 aliphatic rings. The molecule has 2 amide bonds. The van der Waals surface area contributed by atoms with Gasteiger partial charge in [-0.3, -0.25) is 14.4 Å². The molecule has 4 N–H and O–H groups in total. The highest BCUT2D eigenvalue weighted by Gasteiger charge is 2.18. The van der Waals surface area contributed by atoms with E-state index in [9.17, 15) is 18.8 Å². The van der Waals surface area contributed by atoms with Crippen molar-refractivity contribution in [2.45, 2.75) is 32.2 Å². The second-order valence-electron chi connectivity index (χ2n) is 13.6. The average Bonchev–Trinajstić information content (AvgIpc) is 3.75. The first-order chi connectivity index (χ1) is 29.6. The Morgan fingerprint density at radius 3 is 1.84 bits per heavy atom. The van der Waals surface area contributed by atoms with Crippen molar-refractivity contribution in [1.82, 2.24) is 49.7 Å². The van der Waals surface area contributed by atoms with Gasteiger partial charge in [0.05, 0.1) is 26.1 Å². The summed E-state index contributed by atoms with van der Waals surface area (Å²) in [5.74, 6) is -1.39. The highest BCUT2D eigenvalue weighted by molar-refractivity contribution is 5.95. The molecule has 0 saturated heterocycles. The number of carbonyl (C=O) groups is 2. The molecule has 0 radical (unpaired) electrons. The smallest absolute Gasteiger partial charge is 0.252 e. The van der Waals surface area contributed by atoms with E-state index in [0.29, 0.717) is 35.7 Å². The number of fused-ring (bicyclic) bond motifs is 1. The zero-order chi connectivity index (χ0) is 42.9. The largest absolute Gasteiger partial charge is 0.494 e. The lowest BCUT2D eigenvalue weighted by Gasteiger charge is -2.13. The number of amides is 2. The lowest BCUT2D eigenvalue weighted by Crippen LogP contribution is -2.30. The van der Waals surface area contributed by atoms with Crippen LogP contribution in [-0.2, 0) is 32.2 Å². The molecule has 0 aliphatic carbocycles. The highest BCUT2D eigenvalue weighted by Crippen LogP contribution is 2.26. The van der Waals surface area contributed by atoms with Gasteiger partial charge in [0.15, 0.2) is 28.8 Å². The number of nitrogens with one attached hydrogen (secondary N) is 4. The molecule has 61 heavy (non-hydrogen) atoms. The molecule has 0 bridgehead atoms. The van der Waals surface area contributed by atoms with E-state index in [1.54, 1.807) is 47.8 Å². The summed E-state index contributed by atoms with van der Waals surface area (Å²) in [5.41, 5.74) is 4.13. The molecule has 7 aromatic rings. The average molecular weight is 831 g/mol. The van der Waals surface area contributed by atoms with E-state index in [2.05, 4.69) is 51.3 Å². The monoisotopic (exact) mass is 830 g/mol. The molecule has 0 atom stereocenters. The summed E-state index contributed by atoms with van der Waals surface area (Å²) >= 11 is 0. The fraction of sp³-hybridized carbons (Fsp3) is 0.214. The summed E-state index contributed by atoms with van der Waals surface area (Å²) in [6.45, 7) is 0.280. The van der Waals surface area contributed by atoms with Crippen LogP contribution in [0.1, 0.15) is 43.0 Å². The summed E-state index contributed by atoms with van der Waals surface area (Å²) < 4.78 is 43.6. The minimum Gasteiger partial charge on any atom is -0.494 e. The van der Waals surface area contributed by atoms with E-state index in [1.165, 1.54) is 62.5 Å². The van der Waals surface area contributed by atoms with Crippen LogP contribution < -0.4 is 36.3 Å². The number of halogens is 2. The van der Waals surface area contributed by atoms with E-state index in [1.807, 2.05) is 12.1 Å². The third-order valence-electron chi connectivity index (χ3n) is 9.62. The van der Waals surface area contributed by atoms with Crippen molar-refractivity contribution in [3.05, 3.63) is 147 Å². The van der Waals surface area contributed by atoms with E-state index >= 15 is 4.39 Å². The third kappa shape index (κ3) is 10.1. The lowest BCUT2D eigenvalue weighted by atomic mass is 10.0. The zero-order valence-electron chi connectivity index (χ0n) is 33.3. The molecule has 19 heteroatoms. The molecule has 312 valence electrons. The van der Waals surface area contributed by atoms with Crippen LogP contribution in [0.2, 0.25) is 0 Å². The maximum atomic E-state index is 15.3. The number of ether oxygens (including phenoxy) is 2. The normalized spacial score (nSPS) is 11.0. The summed E-state index contributed by atoms with van der Waals surface area (Å²) in [5, 5.41) is 15.5. The first-order valence-corrected chi connectivity index (χ1v) is 19.0. The van der Waals surface area contributed by atoms with Crippen LogP contribution in [0, 0.1) is 11.6 Å². The standard InChI is InChI=1S/C42H40F2N12O5/c1-45-39(58)29-14-27(37(43)33(16-29)60-2)6-4-25-19-47-41(48-20-25)53-31-10-12-55(36(57)18-31)13-11-46-40(59)30-15-28(38(44)34(17-30)61-3)7-5-26-21-49-42(50-22-26)54-32-8-9-35-51-24-52-56(35)23-32/h8-10,12,14-24H,4-7,11,13H2,1-3H3,(H,45,58)(H,46,59)(H,47,48,53)(H,49,50,54). The van der Waals surface area contributed by atoms with E-state index in [4.69, 9.17) is 9.47 Å². The minimum absolute atomic E-state index is 0.0185. The molecule has 7 rings (SSSR count). The molecule has 5 heterocycles. The molecule has 5 aromatic heterocycles. The van der Waals surface area contributed by atoms with Crippen molar-refractivity contribution in [1.29, 1.82) is 0 Å². The lowest BCUT2D eigenvalue weighted by molar-refractivity contribution is 0.0947. The van der Waals surface area contributed by atoms with E-state index < -0.39 is 17.5 Å². The van der Waals surface area contributed by atoms with Gasteiger partial charge in [-0.25, -0.2) is 38.2 Å². The van der Waals surface area contributed by atoms with Gasteiger partial charge in [0.2, 0.25) is 11.9 Å². The Morgan fingerprint density at radius 2 is 1.28 bits per heavy atom. The fourth-order valence-electron chi connectivity index (χ4n) is 6.34. The van der Waals surface area contributed by atoms with Gasteiger partial charge in [-0.05, 0) is 90.4 Å². The fourth-order valence-corrected chi connectivity index (χ4v) is 6.34. The van der Waals surface area contributed by atoms with Crippen molar-refractivity contribution >= 4 is 40.7 Å². The first kappa shape index (κ1) is 41.3. The van der Waals surface area contributed by atoms with Gasteiger partial charge in [-0.1, -0.05) is 0 Å². The Morgan fingerprint density at radius 1 is 0.705 bits per heavy atom. The Kier molecular flexibility index (Phi) is 12.8. The second kappa shape index (κ2) is 18.8. The van der Waals surface area contributed by atoms with Crippen molar-refractivity contribution in [3.8, 4) is 11.5 Å². The molecular weight excluding hydrogens is 791 g/mol. The van der Waals surface area contributed by atoms with Crippen molar-refractivity contribution in [2.75, 3.05) is 38.4 Å². The van der Waals surface area contributed by atoms with Crippen LogP contribution in [0.15, 0.2) is 96.8 Å². The number of carbonyl (C=O) groups excluding carboxylic acids is 2. The van der Waals surface area contributed by atoms with Gasteiger partial charge < -0.3 is 35.3 Å². The second-order valence-corrected chi connectivity index (χ2v) is 13.6. The topological polar surface area (TPSA) is 204 Å². The summed E-state index contributed by atoms with van der Waals surface area (Å²) in [4.78, 5) is 59.7. The predicted molar refractivity (Wildman–Crippen MR) is 221 cm³/mol. The Labute approximate surface area is 347 Å². The Balaban J connectivity index is 0.897. The number of nitrogens with zero attached hydrogens (tertiary/aromatic N) is 8. The number of aromatic nitrogens is 8. The number of pyridine rings is 2. The van der Waals surface area contributed by atoms with Crippen molar-refractivity contribution < 1.29 is 27.8 Å². The summed E-state index contributed by atoms with van der Waals surface area (Å²) in [6, 6.07) is 12.4.